The Morgan fingerprint density at radius 2 is 1.79 bits per heavy atom. The fourth-order valence-electron chi connectivity index (χ4n) is 3.27. The van der Waals surface area contributed by atoms with Crippen LogP contribution in [-0.4, -0.2) is 32.6 Å². The fourth-order valence-corrected chi connectivity index (χ4v) is 3.27. The third kappa shape index (κ3) is 6.27. The highest BCUT2D eigenvalue weighted by Gasteiger charge is 2.19. The minimum absolute atomic E-state index is 0.195. The molecular weight excluding hydrogens is 364 g/mol. The van der Waals surface area contributed by atoms with Crippen LogP contribution in [0.25, 0.3) is 0 Å². The zero-order valence-corrected chi connectivity index (χ0v) is 16.6. The third-order valence-electron chi connectivity index (χ3n) is 4.81. The minimum atomic E-state index is -0.689. The topological polar surface area (TPSA) is 93.2 Å². The summed E-state index contributed by atoms with van der Waals surface area (Å²) in [7, 11) is 0. The van der Waals surface area contributed by atoms with Crippen molar-refractivity contribution in [1.82, 2.24) is 14.9 Å². The highest BCUT2D eigenvalue weighted by Crippen LogP contribution is 2.17. The second-order valence-corrected chi connectivity index (χ2v) is 7.41. The predicted molar refractivity (Wildman–Crippen MR) is 113 cm³/mol. The molecule has 6 heteroatoms. The van der Waals surface area contributed by atoms with Crippen molar-refractivity contribution in [2.24, 2.45) is 5.73 Å². The summed E-state index contributed by atoms with van der Waals surface area (Å²) in [6.45, 7) is 2.59. The lowest BCUT2D eigenvalue weighted by Crippen LogP contribution is -2.46. The van der Waals surface area contributed by atoms with E-state index in [1.54, 1.807) is 6.33 Å². The number of imidazole rings is 1. The van der Waals surface area contributed by atoms with Crippen molar-refractivity contribution in [3.63, 3.8) is 0 Å². The maximum Gasteiger partial charge on any atom is 0.237 e. The van der Waals surface area contributed by atoms with E-state index in [2.05, 4.69) is 22.4 Å². The van der Waals surface area contributed by atoms with Gasteiger partial charge in [-0.3, -0.25) is 4.79 Å². The molecule has 0 spiro atoms. The Morgan fingerprint density at radius 3 is 2.48 bits per heavy atom. The van der Waals surface area contributed by atoms with Crippen molar-refractivity contribution in [2.45, 2.75) is 44.5 Å². The first-order valence-electron chi connectivity index (χ1n) is 9.85. The molecule has 152 valence electrons. The normalized spacial score (nSPS) is 14.2. The number of nitrogens with two attached hydrogens (primary N) is 1. The number of hydrogen-bond acceptors (Lipinski definition) is 4. The van der Waals surface area contributed by atoms with Gasteiger partial charge in [0.2, 0.25) is 5.91 Å². The fraction of sp³-hybridized carbons (Fsp3) is 0.304. The first kappa shape index (κ1) is 20.8. The number of hydrogen-bond donors (Lipinski definition) is 3. The SMILES string of the molecule is CC(CC(O)c1ccccc1)NC(=O)[C@@H](N)Cc1cn(Cc2ccccc2)cn1. The lowest BCUT2D eigenvalue weighted by molar-refractivity contribution is -0.123. The van der Waals surface area contributed by atoms with Gasteiger partial charge in [0.05, 0.1) is 24.2 Å². The van der Waals surface area contributed by atoms with Crippen LogP contribution in [-0.2, 0) is 17.8 Å². The standard InChI is InChI=1S/C23H28N4O2/c1-17(12-22(28)19-10-6-3-7-11-19)26-23(29)21(24)13-20-15-27(16-25-20)14-18-8-4-2-5-9-18/h2-11,15-17,21-22,28H,12-14,24H2,1H3,(H,26,29)/t17?,21-,22?/m0/s1. The van der Waals surface area contributed by atoms with Crippen LogP contribution in [0.4, 0.5) is 0 Å². The number of rotatable bonds is 9. The van der Waals surface area contributed by atoms with Gasteiger partial charge in [0.25, 0.3) is 0 Å². The number of aromatic nitrogens is 2. The molecule has 0 bridgehead atoms. The molecule has 3 rings (SSSR count). The van der Waals surface area contributed by atoms with E-state index in [1.807, 2.05) is 66.2 Å². The van der Waals surface area contributed by atoms with Crippen LogP contribution >= 0.6 is 0 Å². The van der Waals surface area contributed by atoms with E-state index in [0.717, 1.165) is 17.8 Å². The molecule has 1 amide bonds. The minimum Gasteiger partial charge on any atom is -0.388 e. The quantitative estimate of drug-likeness (QED) is 0.521. The molecule has 0 radical (unpaired) electrons. The molecule has 3 aromatic rings. The van der Waals surface area contributed by atoms with Crippen molar-refractivity contribution < 1.29 is 9.90 Å². The van der Waals surface area contributed by atoms with Crippen LogP contribution in [0.3, 0.4) is 0 Å². The van der Waals surface area contributed by atoms with Crippen LogP contribution in [0.1, 0.15) is 36.3 Å². The van der Waals surface area contributed by atoms with Gasteiger partial charge in [-0.05, 0) is 24.5 Å². The summed E-state index contributed by atoms with van der Waals surface area (Å²) >= 11 is 0. The molecule has 1 heterocycles. The van der Waals surface area contributed by atoms with Crippen LogP contribution < -0.4 is 11.1 Å². The van der Waals surface area contributed by atoms with Crippen molar-refractivity contribution in [1.29, 1.82) is 0 Å². The number of amides is 1. The predicted octanol–water partition coefficient (Wildman–Crippen LogP) is 2.43. The van der Waals surface area contributed by atoms with E-state index in [4.69, 9.17) is 5.73 Å². The average Bonchev–Trinajstić information content (AvgIpc) is 3.15. The Morgan fingerprint density at radius 1 is 1.14 bits per heavy atom. The van der Waals surface area contributed by atoms with Crippen LogP contribution in [0.5, 0.6) is 0 Å². The molecule has 2 aromatic carbocycles. The van der Waals surface area contributed by atoms with Crippen LogP contribution in [0, 0.1) is 0 Å². The zero-order valence-electron chi connectivity index (χ0n) is 16.6. The molecule has 1 aromatic heterocycles. The number of carbonyl (C=O) groups excluding carboxylic acids is 1. The number of nitrogens with one attached hydrogen (secondary N) is 1. The van der Waals surface area contributed by atoms with E-state index in [1.165, 1.54) is 5.56 Å². The summed E-state index contributed by atoms with van der Waals surface area (Å²) in [6, 6.07) is 18.6. The summed E-state index contributed by atoms with van der Waals surface area (Å²) in [5.74, 6) is -0.240. The van der Waals surface area contributed by atoms with Gasteiger partial charge in [-0.15, -0.1) is 0 Å². The molecule has 4 N–H and O–H groups in total. The Labute approximate surface area is 171 Å². The third-order valence-corrected chi connectivity index (χ3v) is 4.81. The Balaban J connectivity index is 1.47. The molecule has 0 saturated carbocycles. The Bertz CT molecular complexity index is 896. The lowest BCUT2D eigenvalue weighted by atomic mass is 10.0. The Kier molecular flexibility index (Phi) is 7.16. The number of aliphatic hydroxyl groups excluding tert-OH is 1. The highest BCUT2D eigenvalue weighted by atomic mass is 16.3. The lowest BCUT2D eigenvalue weighted by Gasteiger charge is -2.20. The number of benzene rings is 2. The molecule has 0 aliphatic rings. The monoisotopic (exact) mass is 392 g/mol. The molecule has 0 saturated heterocycles. The molecular formula is C23H28N4O2. The smallest absolute Gasteiger partial charge is 0.237 e. The summed E-state index contributed by atoms with van der Waals surface area (Å²) in [6.07, 6.45) is 3.83. The van der Waals surface area contributed by atoms with Crippen LogP contribution in [0.15, 0.2) is 73.2 Å². The van der Waals surface area contributed by atoms with Gasteiger partial charge in [0.15, 0.2) is 0 Å². The zero-order chi connectivity index (χ0) is 20.6. The largest absolute Gasteiger partial charge is 0.388 e. The number of carbonyl (C=O) groups is 1. The maximum absolute atomic E-state index is 12.4. The maximum atomic E-state index is 12.4. The number of aliphatic hydroxyl groups is 1. The van der Waals surface area contributed by atoms with Gasteiger partial charge in [-0.1, -0.05) is 60.7 Å². The molecule has 0 aliphatic heterocycles. The summed E-state index contributed by atoms with van der Waals surface area (Å²) < 4.78 is 1.98. The van der Waals surface area contributed by atoms with Crippen molar-refractivity contribution in [3.8, 4) is 0 Å². The van der Waals surface area contributed by atoms with Crippen LogP contribution in [0.2, 0.25) is 0 Å². The van der Waals surface area contributed by atoms with Gasteiger partial charge < -0.3 is 20.7 Å². The average molecular weight is 393 g/mol. The molecule has 0 aliphatic carbocycles. The van der Waals surface area contributed by atoms with Gasteiger partial charge in [0, 0.05) is 25.2 Å². The number of nitrogens with zero attached hydrogens (tertiary/aromatic N) is 2. The van der Waals surface area contributed by atoms with E-state index in [-0.39, 0.29) is 11.9 Å². The second-order valence-electron chi connectivity index (χ2n) is 7.41. The van der Waals surface area contributed by atoms with E-state index >= 15 is 0 Å². The molecule has 0 fully saturated rings. The van der Waals surface area contributed by atoms with Crippen molar-refractivity contribution in [3.05, 3.63) is 90.0 Å². The van der Waals surface area contributed by atoms with E-state index in [0.29, 0.717) is 12.8 Å². The first-order chi connectivity index (χ1) is 14.0. The Hall–Kier alpha value is -2.96. The van der Waals surface area contributed by atoms with E-state index < -0.39 is 12.1 Å². The molecule has 2 unspecified atom stereocenters. The van der Waals surface area contributed by atoms with Gasteiger partial charge in [0.1, 0.15) is 0 Å². The molecule has 3 atom stereocenters. The highest BCUT2D eigenvalue weighted by molar-refractivity contribution is 5.82. The van der Waals surface area contributed by atoms with Gasteiger partial charge >= 0.3 is 0 Å². The molecule has 6 nitrogen and oxygen atoms in total. The first-order valence-corrected chi connectivity index (χ1v) is 9.85. The van der Waals surface area contributed by atoms with Crippen molar-refractivity contribution >= 4 is 5.91 Å². The summed E-state index contributed by atoms with van der Waals surface area (Å²) in [5, 5.41) is 13.2. The summed E-state index contributed by atoms with van der Waals surface area (Å²) in [4.78, 5) is 16.8. The van der Waals surface area contributed by atoms with Gasteiger partial charge in [-0.2, -0.15) is 0 Å². The van der Waals surface area contributed by atoms with Gasteiger partial charge in [-0.25, -0.2) is 4.98 Å². The summed E-state index contributed by atoms with van der Waals surface area (Å²) in [5.41, 5.74) is 8.88. The molecule has 29 heavy (non-hydrogen) atoms. The van der Waals surface area contributed by atoms with Crippen molar-refractivity contribution in [2.75, 3.05) is 0 Å². The second kappa shape index (κ2) is 10.0. The van der Waals surface area contributed by atoms with E-state index in [9.17, 15) is 9.90 Å².